The Morgan fingerprint density at radius 2 is 2.24 bits per heavy atom. The Bertz CT molecular complexity index is 748. The number of aromatic nitrogens is 2. The fraction of sp³-hybridized carbons (Fsp3) is 0.412. The lowest BCUT2D eigenvalue weighted by Crippen LogP contribution is -2.23. The maximum atomic E-state index is 11.4. The van der Waals surface area contributed by atoms with E-state index in [4.69, 9.17) is 4.74 Å². The largest absolute Gasteiger partial charge is 0.768 e. The zero-order valence-electron chi connectivity index (χ0n) is 14.6. The zero-order chi connectivity index (χ0) is 18.4. The van der Waals surface area contributed by atoms with Crippen molar-refractivity contribution in [3.05, 3.63) is 47.0 Å². The molecule has 0 fully saturated rings. The molecule has 0 spiro atoms. The molecule has 0 aromatic carbocycles. The minimum Gasteiger partial charge on any atom is -0.768 e. The predicted octanol–water partition coefficient (Wildman–Crippen LogP) is 1.48. The quantitative estimate of drug-likeness (QED) is 0.654. The number of rotatable bonds is 3. The number of ether oxygens (including phenoxy) is 1. The van der Waals surface area contributed by atoms with Crippen molar-refractivity contribution in [3.8, 4) is 0 Å². The zero-order valence-corrected chi connectivity index (χ0v) is 15.4. The minimum atomic E-state index is -2.33. The summed E-state index contributed by atoms with van der Waals surface area (Å²) in [7, 11) is 1.62. The van der Waals surface area contributed by atoms with Gasteiger partial charge in [0.25, 0.3) is 0 Å². The SMILES string of the molecule is CCOC(=O)c1cc(S(=O)[O-])c(C)n1C.c1cc2c(cn1)CCNC2. The van der Waals surface area contributed by atoms with E-state index in [1.54, 1.807) is 20.9 Å². The summed E-state index contributed by atoms with van der Waals surface area (Å²) in [6, 6.07) is 3.40. The van der Waals surface area contributed by atoms with Crippen LogP contribution in [0, 0.1) is 6.92 Å². The summed E-state index contributed by atoms with van der Waals surface area (Å²) in [4.78, 5) is 15.6. The second-order valence-corrected chi connectivity index (χ2v) is 6.47. The Balaban J connectivity index is 0.000000194. The average Bonchev–Trinajstić information content (AvgIpc) is 2.91. The first-order valence-corrected chi connectivity index (χ1v) is 9.08. The van der Waals surface area contributed by atoms with E-state index in [1.807, 2.05) is 12.4 Å². The van der Waals surface area contributed by atoms with Gasteiger partial charge in [-0.15, -0.1) is 0 Å². The second kappa shape index (κ2) is 8.89. The van der Waals surface area contributed by atoms with E-state index in [-0.39, 0.29) is 17.2 Å². The van der Waals surface area contributed by atoms with E-state index < -0.39 is 17.0 Å². The number of carbonyl (C=O) groups excluding carboxylic acids is 1. The molecule has 1 atom stereocenters. The van der Waals surface area contributed by atoms with Crippen LogP contribution in [0.1, 0.15) is 34.2 Å². The maximum Gasteiger partial charge on any atom is 0.354 e. The van der Waals surface area contributed by atoms with Gasteiger partial charge in [0, 0.05) is 36.6 Å². The molecule has 0 saturated heterocycles. The Labute approximate surface area is 149 Å². The van der Waals surface area contributed by atoms with Crippen molar-refractivity contribution >= 4 is 17.0 Å². The van der Waals surface area contributed by atoms with Gasteiger partial charge in [-0.3, -0.25) is 9.19 Å². The van der Waals surface area contributed by atoms with Crippen LogP contribution in [0.25, 0.3) is 0 Å². The number of nitrogens with one attached hydrogen (secondary N) is 1. The van der Waals surface area contributed by atoms with Crippen LogP contribution < -0.4 is 5.32 Å². The first kappa shape index (κ1) is 19.3. The molecule has 8 heteroatoms. The summed E-state index contributed by atoms with van der Waals surface area (Å²) in [6.45, 7) is 5.70. The van der Waals surface area contributed by atoms with Gasteiger partial charge in [-0.1, -0.05) is 0 Å². The smallest absolute Gasteiger partial charge is 0.354 e. The number of fused-ring (bicyclic) bond motifs is 1. The molecule has 0 amide bonds. The number of pyridine rings is 1. The Hall–Kier alpha value is -2.03. The molecule has 0 saturated carbocycles. The molecule has 1 N–H and O–H groups in total. The van der Waals surface area contributed by atoms with Gasteiger partial charge in [-0.25, -0.2) is 4.79 Å². The molecule has 136 valence electrons. The third kappa shape index (κ3) is 4.75. The van der Waals surface area contributed by atoms with Gasteiger partial charge in [0.05, 0.1) is 6.61 Å². The highest BCUT2D eigenvalue weighted by Crippen LogP contribution is 2.17. The van der Waals surface area contributed by atoms with E-state index >= 15 is 0 Å². The monoisotopic (exact) mass is 364 g/mol. The fourth-order valence-electron chi connectivity index (χ4n) is 2.54. The molecule has 1 aliphatic heterocycles. The average molecular weight is 364 g/mol. The van der Waals surface area contributed by atoms with Gasteiger partial charge in [0.15, 0.2) is 0 Å². The molecule has 0 radical (unpaired) electrons. The van der Waals surface area contributed by atoms with Gasteiger partial charge in [-0.2, -0.15) is 0 Å². The molecule has 1 unspecified atom stereocenters. The normalized spacial score (nSPS) is 14.1. The molecule has 25 heavy (non-hydrogen) atoms. The summed E-state index contributed by atoms with van der Waals surface area (Å²) in [5.41, 5.74) is 3.57. The van der Waals surface area contributed by atoms with Crippen molar-refractivity contribution in [1.29, 1.82) is 0 Å². The Morgan fingerprint density at radius 3 is 2.84 bits per heavy atom. The van der Waals surface area contributed by atoms with E-state index in [0.29, 0.717) is 5.69 Å². The van der Waals surface area contributed by atoms with E-state index in [1.165, 1.54) is 21.8 Å². The Kier molecular flexibility index (Phi) is 6.86. The fourth-order valence-corrected chi connectivity index (χ4v) is 3.13. The van der Waals surface area contributed by atoms with Crippen LogP contribution in [0.5, 0.6) is 0 Å². The van der Waals surface area contributed by atoms with Gasteiger partial charge < -0.3 is 19.2 Å². The molecule has 3 rings (SSSR count). The van der Waals surface area contributed by atoms with Crippen LogP contribution in [0.3, 0.4) is 0 Å². The summed E-state index contributed by atoms with van der Waals surface area (Å²) in [5, 5.41) is 3.31. The van der Waals surface area contributed by atoms with Crippen molar-refractivity contribution in [1.82, 2.24) is 14.9 Å². The molecule has 1 aliphatic rings. The topological polar surface area (TPSA) is 96.3 Å². The first-order valence-electron chi connectivity index (χ1n) is 8.00. The van der Waals surface area contributed by atoms with Crippen molar-refractivity contribution in [2.75, 3.05) is 13.2 Å². The van der Waals surface area contributed by atoms with Crippen molar-refractivity contribution in [2.45, 2.75) is 31.7 Å². The van der Waals surface area contributed by atoms with E-state index in [9.17, 15) is 13.6 Å². The molecule has 7 nitrogen and oxygen atoms in total. The maximum absolute atomic E-state index is 11.4. The van der Waals surface area contributed by atoms with E-state index in [0.717, 1.165) is 19.5 Å². The van der Waals surface area contributed by atoms with Crippen LogP contribution in [0.2, 0.25) is 0 Å². The lowest BCUT2D eigenvalue weighted by Gasteiger charge is -2.15. The molecule has 2 aromatic rings. The molecule has 2 aromatic heterocycles. The van der Waals surface area contributed by atoms with Gasteiger partial charge in [-0.05, 0) is 61.2 Å². The molecule has 3 heterocycles. The van der Waals surface area contributed by atoms with Crippen LogP contribution in [-0.4, -0.2) is 37.4 Å². The van der Waals surface area contributed by atoms with Crippen LogP contribution in [0.15, 0.2) is 29.4 Å². The van der Waals surface area contributed by atoms with Crippen LogP contribution in [-0.2, 0) is 35.8 Å². The van der Waals surface area contributed by atoms with Crippen molar-refractivity contribution in [3.63, 3.8) is 0 Å². The van der Waals surface area contributed by atoms with Crippen molar-refractivity contribution < 1.29 is 18.3 Å². The highest BCUT2D eigenvalue weighted by molar-refractivity contribution is 7.79. The van der Waals surface area contributed by atoms with Crippen LogP contribution in [0.4, 0.5) is 0 Å². The molecular weight excluding hydrogens is 342 g/mol. The molecule has 0 bridgehead atoms. The number of nitrogens with zero attached hydrogens (tertiary/aromatic N) is 2. The number of carbonyl (C=O) groups is 1. The highest BCUT2D eigenvalue weighted by atomic mass is 32.2. The Morgan fingerprint density at radius 1 is 1.48 bits per heavy atom. The van der Waals surface area contributed by atoms with Gasteiger partial charge >= 0.3 is 5.97 Å². The highest BCUT2D eigenvalue weighted by Gasteiger charge is 2.16. The van der Waals surface area contributed by atoms with Gasteiger partial charge in [0.2, 0.25) is 0 Å². The first-order chi connectivity index (χ1) is 12.0. The van der Waals surface area contributed by atoms with Crippen molar-refractivity contribution in [2.24, 2.45) is 7.05 Å². The summed E-state index contributed by atoms with van der Waals surface area (Å²) in [6.07, 6.45) is 4.95. The third-order valence-corrected chi connectivity index (χ3v) is 4.82. The standard InChI is InChI=1S/C9H13NO4S.C8H10N2/c1-4-14-9(11)7-5-8(15(12)13)6(2)10(7)3;1-3-9-6-8-2-4-10-5-7(1)8/h5H,4H2,1-3H3,(H,12,13);1,3,6,10H,2,4-5H2/p-1. The predicted molar refractivity (Wildman–Crippen MR) is 92.9 cm³/mol. The number of hydrogen-bond acceptors (Lipinski definition) is 6. The van der Waals surface area contributed by atoms with Crippen LogP contribution >= 0.6 is 0 Å². The number of esters is 1. The molecule has 0 aliphatic carbocycles. The summed E-state index contributed by atoms with van der Waals surface area (Å²) >= 11 is -2.33. The second-order valence-electron chi connectivity index (χ2n) is 5.56. The number of hydrogen-bond donors (Lipinski definition) is 1. The summed E-state index contributed by atoms with van der Waals surface area (Å²) in [5.74, 6) is -0.514. The van der Waals surface area contributed by atoms with E-state index in [2.05, 4.69) is 16.4 Å². The van der Waals surface area contributed by atoms with Gasteiger partial charge in [0.1, 0.15) is 5.69 Å². The third-order valence-electron chi connectivity index (χ3n) is 4.04. The lowest BCUT2D eigenvalue weighted by atomic mass is 10.0. The lowest BCUT2D eigenvalue weighted by molar-refractivity contribution is 0.0515. The molecular formula is C17H22N3O4S-. The minimum absolute atomic E-state index is 0.126. The summed E-state index contributed by atoms with van der Waals surface area (Å²) < 4.78 is 27.9.